The van der Waals surface area contributed by atoms with E-state index in [1.54, 1.807) is 36.4 Å². The lowest BCUT2D eigenvalue weighted by atomic mass is 9.74. The van der Waals surface area contributed by atoms with Crippen LogP contribution >= 0.6 is 0 Å². The topological polar surface area (TPSA) is 61.4 Å². The summed E-state index contributed by atoms with van der Waals surface area (Å²) < 4.78 is 0. The van der Waals surface area contributed by atoms with Gasteiger partial charge in [0.1, 0.15) is 0 Å². The Morgan fingerprint density at radius 1 is 0.848 bits per heavy atom. The maximum atomic E-state index is 13.6. The van der Waals surface area contributed by atoms with Crippen LogP contribution in [0.5, 0.6) is 0 Å². The van der Waals surface area contributed by atoms with Gasteiger partial charge in [0, 0.05) is 35.6 Å². The molecule has 5 rings (SSSR count). The van der Waals surface area contributed by atoms with E-state index < -0.39 is 0 Å². The van der Waals surface area contributed by atoms with Gasteiger partial charge in [0.25, 0.3) is 11.8 Å². The Balaban J connectivity index is 1.35. The number of hydrogen-bond donors (Lipinski definition) is 2. The zero-order valence-corrected chi connectivity index (χ0v) is 18.7. The molecule has 33 heavy (non-hydrogen) atoms. The minimum absolute atomic E-state index is 0.00389. The molecule has 1 atom stereocenters. The van der Waals surface area contributed by atoms with Crippen LogP contribution < -0.4 is 15.5 Å². The molecule has 0 aliphatic carbocycles. The molecule has 3 aromatic carbocycles. The van der Waals surface area contributed by atoms with E-state index in [1.807, 2.05) is 29.2 Å². The highest BCUT2D eigenvalue weighted by molar-refractivity contribution is 6.07. The largest absolute Gasteiger partial charge is 0.322 e. The van der Waals surface area contributed by atoms with E-state index in [1.165, 1.54) is 18.4 Å². The lowest BCUT2D eigenvalue weighted by molar-refractivity contribution is 0.0981. The number of hydrogen-bond acceptors (Lipinski definition) is 3. The number of carbonyl (C=O) groups excluding carboxylic acids is 2. The van der Waals surface area contributed by atoms with Crippen molar-refractivity contribution in [1.82, 2.24) is 5.32 Å². The number of carbonyl (C=O) groups is 2. The second-order valence-electron chi connectivity index (χ2n) is 9.19. The molecule has 2 amide bonds. The van der Waals surface area contributed by atoms with Crippen LogP contribution in [-0.2, 0) is 6.42 Å². The van der Waals surface area contributed by atoms with Crippen LogP contribution in [0.15, 0.2) is 78.9 Å². The summed E-state index contributed by atoms with van der Waals surface area (Å²) in [6.45, 7) is 2.81. The fourth-order valence-electron chi connectivity index (χ4n) is 5.14. The molecule has 1 unspecified atom stereocenters. The average molecular weight is 440 g/mol. The van der Waals surface area contributed by atoms with Crippen LogP contribution in [0.2, 0.25) is 0 Å². The van der Waals surface area contributed by atoms with E-state index in [9.17, 15) is 9.59 Å². The first kappa shape index (κ1) is 21.4. The zero-order chi connectivity index (χ0) is 22.7. The molecule has 5 heteroatoms. The van der Waals surface area contributed by atoms with Gasteiger partial charge in [-0.25, -0.2) is 0 Å². The van der Waals surface area contributed by atoms with Crippen molar-refractivity contribution in [2.24, 2.45) is 5.41 Å². The van der Waals surface area contributed by atoms with Gasteiger partial charge in [-0.1, -0.05) is 36.4 Å². The number of rotatable bonds is 3. The van der Waals surface area contributed by atoms with Crippen molar-refractivity contribution in [3.05, 3.63) is 95.6 Å². The van der Waals surface area contributed by atoms with Crippen LogP contribution in [-0.4, -0.2) is 31.4 Å². The van der Waals surface area contributed by atoms with Crippen molar-refractivity contribution in [3.63, 3.8) is 0 Å². The third kappa shape index (κ3) is 4.55. The van der Waals surface area contributed by atoms with E-state index in [-0.39, 0.29) is 17.2 Å². The molecule has 0 bridgehead atoms. The molecule has 2 N–H and O–H groups in total. The Bertz CT molecular complexity index is 1140. The Morgan fingerprint density at radius 2 is 1.61 bits per heavy atom. The maximum absolute atomic E-state index is 13.6. The number of nitrogens with one attached hydrogen (secondary N) is 2. The predicted molar refractivity (Wildman–Crippen MR) is 132 cm³/mol. The molecule has 168 valence electrons. The molecule has 1 fully saturated rings. The fourth-order valence-corrected chi connectivity index (χ4v) is 5.14. The molecule has 0 saturated carbocycles. The third-order valence-electron chi connectivity index (χ3n) is 6.95. The van der Waals surface area contributed by atoms with Crippen LogP contribution in [0, 0.1) is 5.41 Å². The van der Waals surface area contributed by atoms with Crippen molar-refractivity contribution < 1.29 is 9.59 Å². The highest BCUT2D eigenvalue weighted by Gasteiger charge is 2.37. The monoisotopic (exact) mass is 439 g/mol. The summed E-state index contributed by atoms with van der Waals surface area (Å²) in [6.07, 6.45) is 4.38. The molecule has 1 saturated heterocycles. The van der Waals surface area contributed by atoms with Crippen LogP contribution in [0.4, 0.5) is 11.4 Å². The number of para-hydroxylation sites is 1. The standard InChI is InChI=1S/C28H29N3O2/c32-26(21-7-2-1-3-8-21)30-24-13-11-22(12-14-24)27(33)31-18-16-28(15-6-17-29-20-28)19-23-9-4-5-10-25(23)31/h1-5,7-14,29H,6,15-20H2,(H,30,32). The highest BCUT2D eigenvalue weighted by atomic mass is 16.2. The Morgan fingerprint density at radius 3 is 2.36 bits per heavy atom. The average Bonchev–Trinajstić information content (AvgIpc) is 3.01. The third-order valence-corrected chi connectivity index (χ3v) is 6.95. The number of anilines is 2. The summed E-state index contributed by atoms with van der Waals surface area (Å²) >= 11 is 0. The van der Waals surface area contributed by atoms with Gasteiger partial charge in [0.05, 0.1) is 0 Å². The van der Waals surface area contributed by atoms with Gasteiger partial charge in [0.2, 0.25) is 0 Å². The second-order valence-corrected chi connectivity index (χ2v) is 9.19. The highest BCUT2D eigenvalue weighted by Crippen LogP contribution is 2.40. The molecule has 3 aromatic rings. The number of amides is 2. The number of fused-ring (bicyclic) bond motifs is 1. The molecule has 0 aromatic heterocycles. The normalized spacial score (nSPS) is 20.1. The predicted octanol–water partition coefficient (Wildman–Crippen LogP) is 4.90. The molecule has 2 aliphatic heterocycles. The van der Waals surface area contributed by atoms with E-state index in [0.717, 1.165) is 31.6 Å². The Hall–Kier alpha value is -3.44. The summed E-state index contributed by atoms with van der Waals surface area (Å²) in [4.78, 5) is 27.9. The molecule has 5 nitrogen and oxygen atoms in total. The summed E-state index contributed by atoms with van der Waals surface area (Å²) in [6, 6.07) is 24.6. The minimum atomic E-state index is -0.164. The van der Waals surface area contributed by atoms with Crippen LogP contribution in [0.3, 0.4) is 0 Å². The Labute approximate surface area is 194 Å². The quantitative estimate of drug-likeness (QED) is 0.610. The first-order chi connectivity index (χ1) is 16.1. The van der Waals surface area contributed by atoms with Gasteiger partial charge in [-0.3, -0.25) is 9.59 Å². The van der Waals surface area contributed by atoms with Gasteiger partial charge in [-0.2, -0.15) is 0 Å². The van der Waals surface area contributed by atoms with Gasteiger partial charge in [-0.05, 0) is 85.7 Å². The summed E-state index contributed by atoms with van der Waals surface area (Å²) in [5, 5.41) is 6.47. The van der Waals surface area contributed by atoms with Gasteiger partial charge >= 0.3 is 0 Å². The molecule has 2 aliphatic rings. The summed E-state index contributed by atoms with van der Waals surface area (Å²) in [5.74, 6) is -0.160. The summed E-state index contributed by atoms with van der Waals surface area (Å²) in [5.41, 5.74) is 4.38. The van der Waals surface area contributed by atoms with E-state index in [4.69, 9.17) is 0 Å². The first-order valence-corrected chi connectivity index (χ1v) is 11.7. The summed E-state index contributed by atoms with van der Waals surface area (Å²) in [7, 11) is 0. The van der Waals surface area contributed by atoms with Crippen molar-refractivity contribution in [3.8, 4) is 0 Å². The van der Waals surface area contributed by atoms with Gasteiger partial charge in [-0.15, -0.1) is 0 Å². The number of piperidine rings is 1. The first-order valence-electron chi connectivity index (χ1n) is 11.7. The van der Waals surface area contributed by atoms with Crippen molar-refractivity contribution in [2.75, 3.05) is 29.9 Å². The van der Waals surface area contributed by atoms with Crippen LogP contribution in [0.1, 0.15) is 45.5 Å². The van der Waals surface area contributed by atoms with Gasteiger partial charge in [0.15, 0.2) is 0 Å². The number of benzene rings is 3. The fraction of sp³-hybridized carbons (Fsp3) is 0.286. The SMILES string of the molecule is O=C(Nc1ccc(C(=O)N2CCC3(CCCNC3)Cc3ccccc32)cc1)c1ccccc1. The van der Waals surface area contributed by atoms with E-state index in [0.29, 0.717) is 23.4 Å². The minimum Gasteiger partial charge on any atom is -0.322 e. The Kier molecular flexibility index (Phi) is 5.97. The number of nitrogens with zero attached hydrogens (tertiary/aromatic N) is 1. The molecular weight excluding hydrogens is 410 g/mol. The zero-order valence-electron chi connectivity index (χ0n) is 18.7. The molecule has 0 radical (unpaired) electrons. The van der Waals surface area contributed by atoms with E-state index >= 15 is 0 Å². The molecular formula is C28H29N3O2. The second kappa shape index (κ2) is 9.20. The van der Waals surface area contributed by atoms with Crippen molar-refractivity contribution >= 4 is 23.2 Å². The van der Waals surface area contributed by atoms with Crippen molar-refractivity contribution in [1.29, 1.82) is 0 Å². The van der Waals surface area contributed by atoms with Gasteiger partial charge < -0.3 is 15.5 Å². The molecule has 2 heterocycles. The smallest absolute Gasteiger partial charge is 0.258 e. The molecule has 1 spiro atoms. The lowest BCUT2D eigenvalue weighted by Gasteiger charge is -2.37. The maximum Gasteiger partial charge on any atom is 0.258 e. The van der Waals surface area contributed by atoms with Crippen molar-refractivity contribution in [2.45, 2.75) is 25.7 Å². The van der Waals surface area contributed by atoms with E-state index in [2.05, 4.69) is 28.8 Å². The van der Waals surface area contributed by atoms with Crippen LogP contribution in [0.25, 0.3) is 0 Å². The lowest BCUT2D eigenvalue weighted by Crippen LogP contribution is -2.42.